The maximum absolute atomic E-state index is 11.2. The van der Waals surface area contributed by atoms with Gasteiger partial charge in [-0.1, -0.05) is 16.8 Å². The van der Waals surface area contributed by atoms with Crippen LogP contribution in [0.4, 0.5) is 5.69 Å². The Bertz CT molecular complexity index is 1090. The van der Waals surface area contributed by atoms with E-state index in [0.717, 1.165) is 6.07 Å². The standard InChI is InChI=1S/C16H12Cl2N4O6/c1-6-11(14(18)21(24)7(2)12(6)17)15-19-16(28-20-15)8-4-9(22(25)26)13(23)10(5-8)27-3/h4-5H,1-3H3,(H-,19,20,23,24)/p+1. The van der Waals surface area contributed by atoms with Crippen LogP contribution < -0.4 is 9.47 Å². The fourth-order valence-corrected chi connectivity index (χ4v) is 3.12. The Kier molecular flexibility index (Phi) is 5.01. The fourth-order valence-electron chi connectivity index (χ4n) is 2.60. The molecule has 0 unspecified atom stereocenters. The molecule has 2 heterocycles. The second-order valence-electron chi connectivity index (χ2n) is 5.73. The molecule has 0 spiro atoms. The SMILES string of the molecule is COc1cc(-c2nc(-c3c(C)c(Cl)c(C)[n+](O)c3Cl)no2)cc([N+](=O)[O-])c1O. The quantitative estimate of drug-likeness (QED) is 0.212. The normalized spacial score (nSPS) is 10.9. The van der Waals surface area contributed by atoms with Gasteiger partial charge in [-0.3, -0.25) is 15.3 Å². The number of nitro groups is 1. The molecule has 28 heavy (non-hydrogen) atoms. The molecule has 2 N–H and O–H groups in total. The Balaban J connectivity index is 2.17. The van der Waals surface area contributed by atoms with E-state index in [4.69, 9.17) is 32.5 Å². The molecule has 10 nitrogen and oxygen atoms in total. The zero-order valence-corrected chi connectivity index (χ0v) is 16.2. The molecule has 0 atom stereocenters. The minimum Gasteiger partial charge on any atom is -0.500 e. The average Bonchev–Trinajstić information content (AvgIpc) is 3.14. The highest BCUT2D eigenvalue weighted by molar-refractivity contribution is 6.34. The topological polar surface area (TPSA) is 136 Å². The summed E-state index contributed by atoms with van der Waals surface area (Å²) in [4.78, 5) is 14.6. The van der Waals surface area contributed by atoms with Gasteiger partial charge in [-0.2, -0.15) is 4.98 Å². The summed E-state index contributed by atoms with van der Waals surface area (Å²) < 4.78 is 10.8. The lowest BCUT2D eigenvalue weighted by Crippen LogP contribution is -2.36. The predicted molar refractivity (Wildman–Crippen MR) is 96.9 cm³/mol. The number of ether oxygens (including phenoxy) is 1. The summed E-state index contributed by atoms with van der Waals surface area (Å²) in [5, 5.41) is 35.1. The third kappa shape index (κ3) is 3.06. The van der Waals surface area contributed by atoms with Crippen molar-refractivity contribution in [3.8, 4) is 34.3 Å². The minimum absolute atomic E-state index is 0.0110. The van der Waals surface area contributed by atoms with E-state index in [1.807, 2.05) is 0 Å². The summed E-state index contributed by atoms with van der Waals surface area (Å²) >= 11 is 12.4. The molecular weight excluding hydrogens is 415 g/mol. The first-order valence-corrected chi connectivity index (χ1v) is 8.42. The number of halogens is 2. The second kappa shape index (κ2) is 7.13. The first-order chi connectivity index (χ1) is 13.2. The number of methoxy groups -OCH3 is 1. The first kappa shape index (κ1) is 19.6. The van der Waals surface area contributed by atoms with Crippen LogP contribution in [0.2, 0.25) is 10.2 Å². The van der Waals surface area contributed by atoms with Gasteiger partial charge in [0.15, 0.2) is 5.75 Å². The third-order valence-corrected chi connectivity index (χ3v) is 5.01. The number of hydrogen-bond donors (Lipinski definition) is 2. The molecule has 0 bridgehead atoms. The van der Waals surface area contributed by atoms with Gasteiger partial charge in [-0.25, -0.2) is 0 Å². The average molecular weight is 428 g/mol. The van der Waals surface area contributed by atoms with Crippen LogP contribution in [0, 0.1) is 24.0 Å². The van der Waals surface area contributed by atoms with Crippen LogP contribution >= 0.6 is 23.2 Å². The maximum atomic E-state index is 11.2. The number of pyridine rings is 1. The summed E-state index contributed by atoms with van der Waals surface area (Å²) in [6.45, 7) is 3.25. The molecule has 1 aromatic carbocycles. The summed E-state index contributed by atoms with van der Waals surface area (Å²) in [5.41, 5.74) is 0.625. The van der Waals surface area contributed by atoms with Crippen molar-refractivity contribution >= 4 is 28.9 Å². The van der Waals surface area contributed by atoms with Crippen molar-refractivity contribution in [3.05, 3.63) is 43.7 Å². The van der Waals surface area contributed by atoms with E-state index in [-0.39, 0.29) is 38.8 Å². The van der Waals surface area contributed by atoms with E-state index < -0.39 is 16.4 Å². The Labute approximate surface area is 167 Å². The Morgan fingerprint density at radius 3 is 2.61 bits per heavy atom. The zero-order chi connectivity index (χ0) is 20.7. The van der Waals surface area contributed by atoms with Crippen molar-refractivity contribution in [2.45, 2.75) is 13.8 Å². The van der Waals surface area contributed by atoms with Crippen LogP contribution in [0.1, 0.15) is 11.3 Å². The molecule has 3 aromatic rings. The van der Waals surface area contributed by atoms with Crippen molar-refractivity contribution in [3.63, 3.8) is 0 Å². The van der Waals surface area contributed by atoms with Crippen molar-refractivity contribution in [2.24, 2.45) is 0 Å². The Morgan fingerprint density at radius 1 is 1.32 bits per heavy atom. The number of phenols is 1. The van der Waals surface area contributed by atoms with Crippen LogP contribution in [0.15, 0.2) is 16.7 Å². The van der Waals surface area contributed by atoms with Crippen molar-refractivity contribution < 1.29 is 29.2 Å². The van der Waals surface area contributed by atoms with Gasteiger partial charge in [0.2, 0.25) is 11.6 Å². The summed E-state index contributed by atoms with van der Waals surface area (Å²) in [5.74, 6) is -0.837. The second-order valence-corrected chi connectivity index (χ2v) is 6.46. The van der Waals surface area contributed by atoms with Crippen molar-refractivity contribution in [1.82, 2.24) is 10.1 Å². The van der Waals surface area contributed by atoms with Gasteiger partial charge in [0.05, 0.1) is 17.6 Å². The molecule has 0 saturated heterocycles. The molecule has 12 heteroatoms. The van der Waals surface area contributed by atoms with Crippen LogP contribution in [-0.4, -0.2) is 32.5 Å². The lowest BCUT2D eigenvalue weighted by molar-refractivity contribution is -0.906. The van der Waals surface area contributed by atoms with E-state index in [9.17, 15) is 20.4 Å². The van der Waals surface area contributed by atoms with Gasteiger partial charge in [0.1, 0.15) is 10.6 Å². The largest absolute Gasteiger partial charge is 0.500 e. The summed E-state index contributed by atoms with van der Waals surface area (Å²) in [7, 11) is 1.25. The van der Waals surface area contributed by atoms with Gasteiger partial charge < -0.3 is 14.4 Å². The van der Waals surface area contributed by atoms with Gasteiger partial charge in [0, 0.05) is 17.7 Å². The van der Waals surface area contributed by atoms with E-state index in [1.165, 1.54) is 13.2 Å². The van der Waals surface area contributed by atoms with Gasteiger partial charge in [-0.05, 0) is 30.2 Å². The molecule has 0 fully saturated rings. The molecule has 2 aromatic heterocycles. The number of aromatic nitrogens is 3. The molecule has 0 amide bonds. The number of rotatable bonds is 4. The molecule has 0 aliphatic rings. The van der Waals surface area contributed by atoms with E-state index in [1.54, 1.807) is 13.8 Å². The molecule has 0 saturated carbocycles. The lowest BCUT2D eigenvalue weighted by Gasteiger charge is -2.05. The number of hydrogen-bond acceptors (Lipinski definition) is 8. The number of nitrogens with zero attached hydrogens (tertiary/aromatic N) is 4. The van der Waals surface area contributed by atoms with Crippen LogP contribution in [-0.2, 0) is 0 Å². The smallest absolute Gasteiger partial charge is 0.336 e. The first-order valence-electron chi connectivity index (χ1n) is 7.66. The predicted octanol–water partition coefficient (Wildman–Crippen LogP) is 3.47. The van der Waals surface area contributed by atoms with Gasteiger partial charge in [-0.15, -0.1) is 0 Å². The van der Waals surface area contributed by atoms with Crippen LogP contribution in [0.25, 0.3) is 22.8 Å². The molecular formula is C16H13Cl2N4O6+. The highest BCUT2D eigenvalue weighted by Crippen LogP contribution is 2.40. The Morgan fingerprint density at radius 2 is 2.00 bits per heavy atom. The molecule has 0 aliphatic heterocycles. The molecule has 0 aliphatic carbocycles. The monoisotopic (exact) mass is 427 g/mol. The fraction of sp³-hybridized carbons (Fsp3) is 0.188. The van der Waals surface area contributed by atoms with E-state index in [0.29, 0.717) is 16.0 Å². The number of benzene rings is 1. The van der Waals surface area contributed by atoms with Crippen molar-refractivity contribution in [2.75, 3.05) is 7.11 Å². The van der Waals surface area contributed by atoms with E-state index >= 15 is 0 Å². The van der Waals surface area contributed by atoms with E-state index in [2.05, 4.69) is 10.1 Å². The number of phenolic OH excluding ortho intramolecular Hbond substituents is 1. The van der Waals surface area contributed by atoms with Crippen molar-refractivity contribution in [1.29, 1.82) is 0 Å². The third-order valence-electron chi connectivity index (χ3n) is 4.10. The number of nitro benzene ring substituents is 1. The summed E-state index contributed by atoms with van der Waals surface area (Å²) in [6, 6.07) is 2.38. The minimum atomic E-state index is -0.770. The highest BCUT2D eigenvalue weighted by atomic mass is 35.5. The van der Waals surface area contributed by atoms with Crippen LogP contribution in [0.3, 0.4) is 0 Å². The highest BCUT2D eigenvalue weighted by Gasteiger charge is 2.30. The van der Waals surface area contributed by atoms with Crippen LogP contribution in [0.5, 0.6) is 11.5 Å². The zero-order valence-electron chi connectivity index (χ0n) is 14.7. The summed E-state index contributed by atoms with van der Waals surface area (Å²) in [6.07, 6.45) is 0. The van der Waals surface area contributed by atoms with Gasteiger partial charge in [0.25, 0.3) is 11.6 Å². The molecule has 3 rings (SSSR count). The number of aromatic hydroxyl groups is 1. The molecule has 0 radical (unpaired) electrons. The maximum Gasteiger partial charge on any atom is 0.336 e. The van der Waals surface area contributed by atoms with Gasteiger partial charge >= 0.3 is 10.8 Å². The lowest BCUT2D eigenvalue weighted by atomic mass is 10.1. The Hall–Kier alpha value is -3.11. The molecule has 146 valence electrons.